The third kappa shape index (κ3) is 6.84. The van der Waals surface area contributed by atoms with Crippen LogP contribution in [0.3, 0.4) is 0 Å². The summed E-state index contributed by atoms with van der Waals surface area (Å²) in [6, 6.07) is 1.85. The van der Waals surface area contributed by atoms with E-state index in [1.165, 1.54) is 0 Å². The maximum absolute atomic E-state index is 5.37. The van der Waals surface area contributed by atoms with E-state index < -0.39 is 0 Å². The molecule has 1 aliphatic rings. The number of hydrogen-bond acceptors (Lipinski definition) is 8. The zero-order chi connectivity index (χ0) is 22.1. The van der Waals surface area contributed by atoms with Crippen LogP contribution in [0.1, 0.15) is 30.7 Å². The summed E-state index contributed by atoms with van der Waals surface area (Å²) in [7, 11) is 3.77. The zero-order valence-corrected chi connectivity index (χ0v) is 19.8. The maximum atomic E-state index is 5.37. The predicted octanol–water partition coefficient (Wildman–Crippen LogP) is 1.86. The number of nitrogens with zero attached hydrogens (tertiary/aromatic N) is 7. The molecule has 2 aromatic heterocycles. The topological polar surface area (TPSA) is 82.0 Å². The predicted molar refractivity (Wildman–Crippen MR) is 126 cm³/mol. The molecule has 1 fully saturated rings. The van der Waals surface area contributed by atoms with Gasteiger partial charge in [0.05, 0.1) is 18.8 Å². The number of methoxy groups -OCH3 is 1. The third-order valence-corrected chi connectivity index (χ3v) is 6.31. The molecule has 3 heterocycles. The van der Waals surface area contributed by atoms with Crippen LogP contribution in [0.4, 0.5) is 5.95 Å². The van der Waals surface area contributed by atoms with Crippen molar-refractivity contribution in [1.82, 2.24) is 30.1 Å². The molecule has 0 aliphatic carbocycles. The number of nitrogens with one attached hydrogen (secondary N) is 1. The van der Waals surface area contributed by atoms with Crippen LogP contribution in [-0.4, -0.2) is 90.7 Å². The monoisotopic (exact) mass is 446 g/mol. The Kier molecular flexibility index (Phi) is 8.98. The molecule has 0 radical (unpaired) electrons. The summed E-state index contributed by atoms with van der Waals surface area (Å²) in [5.74, 6) is 1.73. The Labute approximate surface area is 189 Å². The Morgan fingerprint density at radius 1 is 1.29 bits per heavy atom. The fourth-order valence-electron chi connectivity index (χ4n) is 3.39. The van der Waals surface area contributed by atoms with E-state index in [0.29, 0.717) is 6.54 Å². The van der Waals surface area contributed by atoms with Crippen LogP contribution < -0.4 is 10.2 Å². The first-order valence-electron chi connectivity index (χ1n) is 10.8. The van der Waals surface area contributed by atoms with Crippen molar-refractivity contribution in [1.29, 1.82) is 0 Å². The maximum Gasteiger partial charge on any atom is 0.225 e. The van der Waals surface area contributed by atoms with Crippen LogP contribution >= 0.6 is 11.3 Å². The summed E-state index contributed by atoms with van der Waals surface area (Å²) in [6.45, 7) is 11.3. The number of anilines is 1. The lowest BCUT2D eigenvalue weighted by Gasteiger charge is -2.34. The minimum absolute atomic E-state index is 0.0277. The summed E-state index contributed by atoms with van der Waals surface area (Å²) >= 11 is 1.64. The van der Waals surface area contributed by atoms with Crippen molar-refractivity contribution in [3.63, 3.8) is 0 Å². The molecule has 0 bridgehead atoms. The fourth-order valence-corrected chi connectivity index (χ4v) is 4.24. The molecule has 1 saturated heterocycles. The molecule has 0 aromatic carbocycles. The number of guanidine groups is 1. The summed E-state index contributed by atoms with van der Waals surface area (Å²) in [6.07, 6.45) is 3.62. The van der Waals surface area contributed by atoms with Crippen LogP contribution in [0.15, 0.2) is 28.8 Å². The quantitative estimate of drug-likeness (QED) is 0.462. The van der Waals surface area contributed by atoms with Gasteiger partial charge in [-0.1, -0.05) is 0 Å². The normalized spacial score (nSPS) is 16.4. The molecule has 2 aromatic rings. The van der Waals surface area contributed by atoms with E-state index in [1.54, 1.807) is 30.8 Å². The van der Waals surface area contributed by atoms with E-state index in [-0.39, 0.29) is 6.10 Å². The smallest absolute Gasteiger partial charge is 0.225 e. The van der Waals surface area contributed by atoms with Crippen LogP contribution in [0.25, 0.3) is 0 Å². The molecular formula is C21H34N8OS. The highest BCUT2D eigenvalue weighted by molar-refractivity contribution is 7.09. The van der Waals surface area contributed by atoms with E-state index in [0.717, 1.165) is 68.4 Å². The number of ether oxygens (including phenoxy) is 1. The van der Waals surface area contributed by atoms with Gasteiger partial charge in [-0.05, 0) is 19.9 Å². The molecule has 0 saturated carbocycles. The Balaban J connectivity index is 1.47. The van der Waals surface area contributed by atoms with E-state index in [1.807, 2.05) is 13.0 Å². The van der Waals surface area contributed by atoms with Crippen LogP contribution in [0.5, 0.6) is 0 Å². The van der Waals surface area contributed by atoms with Gasteiger partial charge in [-0.15, -0.1) is 11.3 Å². The molecule has 0 spiro atoms. The first-order valence-corrected chi connectivity index (χ1v) is 11.7. The molecule has 1 unspecified atom stereocenters. The first kappa shape index (κ1) is 23.4. The van der Waals surface area contributed by atoms with Crippen molar-refractivity contribution in [2.24, 2.45) is 4.99 Å². The van der Waals surface area contributed by atoms with Gasteiger partial charge in [-0.25, -0.2) is 15.0 Å². The molecule has 1 aliphatic heterocycles. The summed E-state index contributed by atoms with van der Waals surface area (Å²) in [5.41, 5.74) is 1.04. The lowest BCUT2D eigenvalue weighted by molar-refractivity contribution is 0.119. The highest BCUT2D eigenvalue weighted by Gasteiger charge is 2.18. The Morgan fingerprint density at radius 3 is 2.71 bits per heavy atom. The molecule has 170 valence electrons. The van der Waals surface area contributed by atoms with Gasteiger partial charge in [-0.3, -0.25) is 9.89 Å². The van der Waals surface area contributed by atoms with Gasteiger partial charge in [0.1, 0.15) is 11.1 Å². The van der Waals surface area contributed by atoms with Crippen molar-refractivity contribution in [3.8, 4) is 0 Å². The second-order valence-electron chi connectivity index (χ2n) is 7.52. The van der Waals surface area contributed by atoms with Crippen molar-refractivity contribution < 1.29 is 4.74 Å². The molecule has 31 heavy (non-hydrogen) atoms. The Hall–Kier alpha value is -2.30. The average Bonchev–Trinajstić information content (AvgIpc) is 3.27. The van der Waals surface area contributed by atoms with Gasteiger partial charge >= 0.3 is 0 Å². The number of thiazole rings is 1. The number of piperazine rings is 1. The van der Waals surface area contributed by atoms with E-state index in [9.17, 15) is 0 Å². The van der Waals surface area contributed by atoms with Crippen molar-refractivity contribution in [2.45, 2.75) is 26.5 Å². The van der Waals surface area contributed by atoms with Crippen LogP contribution in [-0.2, 0) is 11.3 Å². The highest BCUT2D eigenvalue weighted by atomic mass is 32.1. The second-order valence-corrected chi connectivity index (χ2v) is 8.41. The third-order valence-electron chi connectivity index (χ3n) is 5.25. The number of aromatic nitrogens is 3. The minimum Gasteiger partial charge on any atom is -0.375 e. The van der Waals surface area contributed by atoms with Gasteiger partial charge in [0.25, 0.3) is 0 Å². The van der Waals surface area contributed by atoms with Gasteiger partial charge < -0.3 is 19.9 Å². The van der Waals surface area contributed by atoms with E-state index >= 15 is 0 Å². The largest absolute Gasteiger partial charge is 0.375 e. The van der Waals surface area contributed by atoms with Crippen LogP contribution in [0, 0.1) is 0 Å². The molecular weight excluding hydrogens is 412 g/mol. The van der Waals surface area contributed by atoms with Gasteiger partial charge in [-0.2, -0.15) is 0 Å². The molecule has 3 rings (SSSR count). The van der Waals surface area contributed by atoms with Crippen molar-refractivity contribution in [2.75, 3.05) is 64.9 Å². The van der Waals surface area contributed by atoms with Crippen LogP contribution in [0.2, 0.25) is 0 Å². The van der Waals surface area contributed by atoms with E-state index in [2.05, 4.69) is 49.3 Å². The summed E-state index contributed by atoms with van der Waals surface area (Å²) in [5, 5.41) is 6.50. The molecule has 0 amide bonds. The molecule has 9 nitrogen and oxygen atoms in total. The summed E-state index contributed by atoms with van der Waals surface area (Å²) in [4.78, 5) is 25.1. The van der Waals surface area contributed by atoms with Crippen molar-refractivity contribution >= 4 is 23.2 Å². The highest BCUT2D eigenvalue weighted by Crippen LogP contribution is 2.21. The lowest BCUT2D eigenvalue weighted by Crippen LogP contribution is -2.47. The zero-order valence-electron chi connectivity index (χ0n) is 19.0. The SMILES string of the molecule is CCNC(=NCCN1CCN(c2ncccn2)CC1)N(C)Cc1csc(C(C)OC)n1. The van der Waals surface area contributed by atoms with Crippen molar-refractivity contribution in [3.05, 3.63) is 34.5 Å². The number of hydrogen-bond donors (Lipinski definition) is 1. The molecule has 10 heteroatoms. The standard InChI is InChI=1S/C21H34N8OS/c1-5-22-20(27(3)15-18-16-31-19(26-18)17(2)30-4)25-9-10-28-11-13-29(14-12-28)21-23-7-6-8-24-21/h6-8,16-17H,5,9-15H2,1-4H3,(H,22,25). The lowest BCUT2D eigenvalue weighted by atomic mass is 10.3. The Bertz CT molecular complexity index is 807. The second kappa shape index (κ2) is 11.9. The minimum atomic E-state index is 0.0277. The number of aliphatic imine (C=N–C) groups is 1. The van der Waals surface area contributed by atoms with Gasteiger partial charge in [0, 0.05) is 71.2 Å². The molecule has 1 N–H and O–H groups in total. The first-order chi connectivity index (χ1) is 15.1. The van der Waals surface area contributed by atoms with Gasteiger partial charge in [0.15, 0.2) is 5.96 Å². The number of rotatable bonds is 9. The van der Waals surface area contributed by atoms with Gasteiger partial charge in [0.2, 0.25) is 5.95 Å². The fraction of sp³-hybridized carbons (Fsp3) is 0.619. The summed E-state index contributed by atoms with van der Waals surface area (Å²) < 4.78 is 5.37. The van der Waals surface area contributed by atoms with E-state index in [4.69, 9.17) is 14.7 Å². The molecule has 1 atom stereocenters. The Morgan fingerprint density at radius 2 is 2.03 bits per heavy atom. The average molecular weight is 447 g/mol.